The second-order valence-corrected chi connectivity index (χ2v) is 5.92. The average Bonchev–Trinajstić information content (AvgIpc) is 2.88. The summed E-state index contributed by atoms with van der Waals surface area (Å²) in [7, 11) is 0. The molecular formula is C18H21NO2. The number of carbonyl (C=O) groups is 1. The van der Waals surface area contributed by atoms with Crippen molar-refractivity contribution < 1.29 is 9.90 Å². The minimum absolute atomic E-state index is 0.0209. The third-order valence-corrected chi connectivity index (χ3v) is 4.61. The molecule has 2 unspecified atom stereocenters. The molecule has 3 nitrogen and oxygen atoms in total. The summed E-state index contributed by atoms with van der Waals surface area (Å²) in [6.07, 6.45) is 1.39. The van der Waals surface area contributed by atoms with E-state index in [0.717, 1.165) is 29.3 Å². The van der Waals surface area contributed by atoms with Gasteiger partial charge in [0, 0.05) is 6.54 Å². The summed E-state index contributed by atoms with van der Waals surface area (Å²) >= 11 is 0. The molecule has 1 saturated heterocycles. The summed E-state index contributed by atoms with van der Waals surface area (Å²) in [5.74, 6) is 0.501. The number of benzene rings is 2. The summed E-state index contributed by atoms with van der Waals surface area (Å²) < 4.78 is 0. The summed E-state index contributed by atoms with van der Waals surface area (Å²) in [5.41, 5.74) is 1.06. The molecule has 1 aliphatic rings. The Morgan fingerprint density at radius 3 is 2.81 bits per heavy atom. The number of hydrogen-bond acceptors (Lipinski definition) is 2. The second kappa shape index (κ2) is 5.86. The van der Waals surface area contributed by atoms with E-state index in [2.05, 4.69) is 25.1 Å². The van der Waals surface area contributed by atoms with Gasteiger partial charge < -0.3 is 10.0 Å². The minimum Gasteiger partial charge on any atom is -0.394 e. The highest BCUT2D eigenvalue weighted by Gasteiger charge is 2.33. The van der Waals surface area contributed by atoms with Crippen LogP contribution in [0.2, 0.25) is 0 Å². The third kappa shape index (κ3) is 2.66. The first-order valence-electron chi connectivity index (χ1n) is 7.57. The maximum Gasteiger partial charge on any atom is 0.227 e. The number of rotatable bonds is 3. The molecule has 110 valence electrons. The van der Waals surface area contributed by atoms with Crippen molar-refractivity contribution in [1.82, 2.24) is 4.90 Å². The molecule has 21 heavy (non-hydrogen) atoms. The van der Waals surface area contributed by atoms with E-state index < -0.39 is 0 Å². The third-order valence-electron chi connectivity index (χ3n) is 4.61. The van der Waals surface area contributed by atoms with Gasteiger partial charge in [0.25, 0.3) is 0 Å². The number of aliphatic hydroxyl groups is 1. The van der Waals surface area contributed by atoms with Gasteiger partial charge in [-0.1, -0.05) is 49.4 Å². The molecule has 2 aromatic carbocycles. The van der Waals surface area contributed by atoms with Gasteiger partial charge in [0.05, 0.1) is 19.1 Å². The Balaban J connectivity index is 1.84. The first kappa shape index (κ1) is 14.1. The highest BCUT2D eigenvalue weighted by atomic mass is 16.3. The molecule has 1 heterocycles. The van der Waals surface area contributed by atoms with E-state index in [4.69, 9.17) is 0 Å². The molecule has 0 saturated carbocycles. The van der Waals surface area contributed by atoms with Crippen LogP contribution in [0.3, 0.4) is 0 Å². The predicted molar refractivity (Wildman–Crippen MR) is 84.0 cm³/mol. The van der Waals surface area contributed by atoms with Gasteiger partial charge in [-0.05, 0) is 28.7 Å². The lowest BCUT2D eigenvalue weighted by atomic mass is 10.0. The Bertz CT molecular complexity index is 647. The Kier molecular flexibility index (Phi) is 3.93. The van der Waals surface area contributed by atoms with Crippen LogP contribution in [0.4, 0.5) is 0 Å². The molecule has 0 aromatic heterocycles. The van der Waals surface area contributed by atoms with Crippen molar-refractivity contribution in [1.29, 1.82) is 0 Å². The number of aliphatic hydroxyl groups excluding tert-OH is 1. The topological polar surface area (TPSA) is 40.5 Å². The first-order chi connectivity index (χ1) is 10.2. The molecule has 1 amide bonds. The molecule has 1 aliphatic heterocycles. The van der Waals surface area contributed by atoms with Crippen LogP contribution in [0.1, 0.15) is 18.9 Å². The van der Waals surface area contributed by atoms with Crippen molar-refractivity contribution in [3.63, 3.8) is 0 Å². The van der Waals surface area contributed by atoms with Gasteiger partial charge in [-0.15, -0.1) is 0 Å². The van der Waals surface area contributed by atoms with Crippen LogP contribution in [-0.4, -0.2) is 35.1 Å². The smallest absolute Gasteiger partial charge is 0.227 e. The molecule has 3 heteroatoms. The Labute approximate surface area is 125 Å². The molecular weight excluding hydrogens is 262 g/mol. The monoisotopic (exact) mass is 283 g/mol. The van der Waals surface area contributed by atoms with Crippen LogP contribution in [0.15, 0.2) is 42.5 Å². The molecule has 0 radical (unpaired) electrons. The van der Waals surface area contributed by atoms with Gasteiger partial charge in [-0.3, -0.25) is 4.79 Å². The van der Waals surface area contributed by atoms with Crippen LogP contribution in [0.25, 0.3) is 10.8 Å². The van der Waals surface area contributed by atoms with Crippen LogP contribution in [0.5, 0.6) is 0 Å². The second-order valence-electron chi connectivity index (χ2n) is 5.92. The first-order valence-corrected chi connectivity index (χ1v) is 7.57. The van der Waals surface area contributed by atoms with Gasteiger partial charge in [0.15, 0.2) is 0 Å². The number of likely N-dealkylation sites (tertiary alicyclic amines) is 1. The summed E-state index contributed by atoms with van der Waals surface area (Å²) in [6.45, 7) is 2.92. The Morgan fingerprint density at radius 2 is 2.00 bits per heavy atom. The van der Waals surface area contributed by atoms with Crippen LogP contribution >= 0.6 is 0 Å². The molecule has 1 N–H and O–H groups in total. The number of nitrogens with zero attached hydrogens (tertiary/aromatic N) is 1. The van der Waals surface area contributed by atoms with Crippen LogP contribution < -0.4 is 0 Å². The zero-order valence-corrected chi connectivity index (χ0v) is 12.3. The summed E-state index contributed by atoms with van der Waals surface area (Å²) in [4.78, 5) is 14.4. The van der Waals surface area contributed by atoms with E-state index in [-0.39, 0.29) is 18.6 Å². The quantitative estimate of drug-likeness (QED) is 0.940. The fourth-order valence-electron chi connectivity index (χ4n) is 3.31. The molecule has 2 aromatic rings. The summed E-state index contributed by atoms with van der Waals surface area (Å²) in [5, 5.41) is 11.8. The van der Waals surface area contributed by atoms with Crippen molar-refractivity contribution in [2.75, 3.05) is 13.2 Å². The van der Waals surface area contributed by atoms with Gasteiger partial charge in [-0.2, -0.15) is 0 Å². The van der Waals surface area contributed by atoms with E-state index in [1.54, 1.807) is 0 Å². The number of hydrogen-bond donors (Lipinski definition) is 1. The highest BCUT2D eigenvalue weighted by Crippen LogP contribution is 2.25. The highest BCUT2D eigenvalue weighted by molar-refractivity contribution is 5.90. The number of fused-ring (bicyclic) bond motifs is 1. The maximum absolute atomic E-state index is 12.6. The molecule has 0 spiro atoms. The maximum atomic E-state index is 12.6. The average molecular weight is 283 g/mol. The van der Waals surface area contributed by atoms with Crippen molar-refractivity contribution in [3.8, 4) is 0 Å². The molecule has 3 rings (SSSR count). The SMILES string of the molecule is CC1CCN(C(=O)Cc2cccc3ccccc23)C1CO. The lowest BCUT2D eigenvalue weighted by Gasteiger charge is -2.25. The van der Waals surface area contributed by atoms with Gasteiger partial charge >= 0.3 is 0 Å². The van der Waals surface area contributed by atoms with Gasteiger partial charge in [0.1, 0.15) is 0 Å². The van der Waals surface area contributed by atoms with E-state index in [1.807, 2.05) is 29.2 Å². The largest absolute Gasteiger partial charge is 0.394 e. The van der Waals surface area contributed by atoms with E-state index in [1.165, 1.54) is 0 Å². The zero-order valence-electron chi connectivity index (χ0n) is 12.3. The van der Waals surface area contributed by atoms with E-state index >= 15 is 0 Å². The Morgan fingerprint density at radius 1 is 1.24 bits per heavy atom. The van der Waals surface area contributed by atoms with Gasteiger partial charge in [0.2, 0.25) is 5.91 Å². The van der Waals surface area contributed by atoms with Crippen molar-refractivity contribution in [3.05, 3.63) is 48.0 Å². The van der Waals surface area contributed by atoms with E-state index in [0.29, 0.717) is 12.3 Å². The van der Waals surface area contributed by atoms with Crippen molar-refractivity contribution >= 4 is 16.7 Å². The fraction of sp³-hybridized carbons (Fsp3) is 0.389. The zero-order chi connectivity index (χ0) is 14.8. The van der Waals surface area contributed by atoms with Crippen molar-refractivity contribution in [2.45, 2.75) is 25.8 Å². The fourth-order valence-corrected chi connectivity index (χ4v) is 3.31. The van der Waals surface area contributed by atoms with Crippen LogP contribution in [0, 0.1) is 5.92 Å². The molecule has 2 atom stereocenters. The summed E-state index contributed by atoms with van der Waals surface area (Å²) in [6, 6.07) is 14.2. The van der Waals surface area contributed by atoms with Crippen molar-refractivity contribution in [2.24, 2.45) is 5.92 Å². The molecule has 0 bridgehead atoms. The van der Waals surface area contributed by atoms with Gasteiger partial charge in [-0.25, -0.2) is 0 Å². The lowest BCUT2D eigenvalue weighted by molar-refractivity contribution is -0.132. The number of carbonyl (C=O) groups excluding carboxylic acids is 1. The molecule has 1 fully saturated rings. The standard InChI is InChI=1S/C18H21NO2/c1-13-9-10-19(17(13)12-20)18(21)11-15-7-4-6-14-5-2-3-8-16(14)15/h2-8,13,17,20H,9-12H2,1H3. The predicted octanol–water partition coefficient (Wildman–Crippen LogP) is 2.61. The molecule has 0 aliphatic carbocycles. The normalized spacial score (nSPS) is 21.9. The van der Waals surface area contributed by atoms with Crippen LogP contribution in [-0.2, 0) is 11.2 Å². The Hall–Kier alpha value is -1.87. The van der Waals surface area contributed by atoms with E-state index in [9.17, 15) is 9.90 Å². The minimum atomic E-state index is -0.0209. The lowest BCUT2D eigenvalue weighted by Crippen LogP contribution is -2.40. The number of amides is 1.